The fourth-order valence-electron chi connectivity index (χ4n) is 2.97. The van der Waals surface area contributed by atoms with E-state index < -0.39 is 0 Å². The van der Waals surface area contributed by atoms with Gasteiger partial charge in [-0.25, -0.2) is 10.4 Å². The van der Waals surface area contributed by atoms with Gasteiger partial charge in [0.1, 0.15) is 0 Å². The summed E-state index contributed by atoms with van der Waals surface area (Å²) in [6, 6.07) is 17.8. The first-order valence-electron chi connectivity index (χ1n) is 9.37. The molecule has 0 radical (unpaired) electrons. The van der Waals surface area contributed by atoms with Gasteiger partial charge in [-0.15, -0.1) is 0 Å². The highest BCUT2D eigenvalue weighted by molar-refractivity contribution is 7.99. The van der Waals surface area contributed by atoms with Gasteiger partial charge in [0.05, 0.1) is 34.3 Å². The highest BCUT2D eigenvalue weighted by atomic mass is 35.5. The van der Waals surface area contributed by atoms with Gasteiger partial charge in [-0.3, -0.25) is 14.2 Å². The van der Waals surface area contributed by atoms with Crippen LogP contribution in [0.3, 0.4) is 0 Å². The predicted octanol–water partition coefficient (Wildman–Crippen LogP) is 3.62. The van der Waals surface area contributed by atoms with Crippen molar-refractivity contribution in [2.45, 2.75) is 5.16 Å². The van der Waals surface area contributed by atoms with Crippen molar-refractivity contribution >= 4 is 46.4 Å². The van der Waals surface area contributed by atoms with Crippen molar-refractivity contribution in [2.75, 3.05) is 5.75 Å². The van der Waals surface area contributed by atoms with Gasteiger partial charge in [-0.05, 0) is 48.5 Å². The molecule has 1 N–H and O–H groups in total. The minimum Gasteiger partial charge on any atom is -0.350 e. The Bertz CT molecular complexity index is 1330. The third kappa shape index (κ3) is 4.70. The largest absolute Gasteiger partial charge is 0.350 e. The lowest BCUT2D eigenvalue weighted by Crippen LogP contribution is -2.24. The number of amides is 1. The van der Waals surface area contributed by atoms with Crippen molar-refractivity contribution < 1.29 is 4.79 Å². The van der Waals surface area contributed by atoms with Crippen molar-refractivity contribution in [2.24, 2.45) is 12.1 Å². The minimum absolute atomic E-state index is 0.0445. The number of halogens is 1. The number of aromatic nitrogens is 3. The zero-order chi connectivity index (χ0) is 21.8. The van der Waals surface area contributed by atoms with Gasteiger partial charge < -0.3 is 4.57 Å². The monoisotopic (exact) mass is 451 g/mol. The van der Waals surface area contributed by atoms with E-state index in [-0.39, 0.29) is 17.2 Å². The van der Waals surface area contributed by atoms with Crippen molar-refractivity contribution in [1.82, 2.24) is 19.5 Å². The van der Waals surface area contributed by atoms with Crippen LogP contribution in [0.2, 0.25) is 5.02 Å². The number of nitrogens with one attached hydrogen (secondary N) is 1. The quantitative estimate of drug-likeness (QED) is 0.210. The first-order chi connectivity index (χ1) is 15.0. The first-order valence-corrected chi connectivity index (χ1v) is 10.7. The summed E-state index contributed by atoms with van der Waals surface area (Å²) >= 11 is 7.16. The molecule has 9 heteroatoms. The molecule has 4 aromatic rings. The van der Waals surface area contributed by atoms with Gasteiger partial charge in [0.15, 0.2) is 5.16 Å². The lowest BCUT2D eigenvalue weighted by Gasteiger charge is -2.13. The summed E-state index contributed by atoms with van der Waals surface area (Å²) in [5.74, 6) is -0.261. The number of nitrogens with zero attached hydrogens (tertiary/aromatic N) is 4. The number of hydrazone groups is 1. The summed E-state index contributed by atoms with van der Waals surface area (Å²) in [4.78, 5) is 30.1. The Morgan fingerprint density at radius 3 is 2.68 bits per heavy atom. The Balaban J connectivity index is 1.59. The van der Waals surface area contributed by atoms with Crippen LogP contribution in [-0.2, 0) is 11.8 Å². The molecule has 2 aromatic carbocycles. The summed E-state index contributed by atoms with van der Waals surface area (Å²) in [5, 5.41) is 5.46. The Labute approximate surface area is 187 Å². The van der Waals surface area contributed by atoms with Gasteiger partial charge in [-0.2, -0.15) is 5.10 Å². The first kappa shape index (κ1) is 20.9. The van der Waals surface area contributed by atoms with Crippen molar-refractivity contribution in [3.8, 4) is 5.69 Å². The van der Waals surface area contributed by atoms with E-state index in [0.717, 1.165) is 17.5 Å². The number of thioether (sulfide) groups is 1. The molecule has 0 atom stereocenters. The molecule has 7 nitrogen and oxygen atoms in total. The molecule has 0 aliphatic rings. The zero-order valence-corrected chi connectivity index (χ0v) is 18.1. The van der Waals surface area contributed by atoms with Crippen LogP contribution in [0.15, 0.2) is 81.9 Å². The number of carbonyl (C=O) groups excluding carboxylic acids is 1. The average molecular weight is 452 g/mol. The number of rotatable bonds is 6. The van der Waals surface area contributed by atoms with E-state index >= 15 is 0 Å². The molecule has 0 bridgehead atoms. The minimum atomic E-state index is -0.305. The number of benzene rings is 2. The smallest absolute Gasteiger partial charge is 0.266 e. The van der Waals surface area contributed by atoms with Crippen LogP contribution >= 0.6 is 23.4 Å². The maximum Gasteiger partial charge on any atom is 0.266 e. The zero-order valence-electron chi connectivity index (χ0n) is 16.5. The van der Waals surface area contributed by atoms with Gasteiger partial charge in [0, 0.05) is 18.3 Å². The highest BCUT2D eigenvalue weighted by Gasteiger charge is 2.14. The number of carbonyl (C=O) groups is 1. The molecule has 0 saturated carbocycles. The van der Waals surface area contributed by atoms with E-state index in [1.54, 1.807) is 48.7 Å². The van der Waals surface area contributed by atoms with Crippen LogP contribution in [-0.4, -0.2) is 32.0 Å². The molecule has 0 fully saturated rings. The van der Waals surface area contributed by atoms with Gasteiger partial charge >= 0.3 is 0 Å². The molecule has 0 unspecified atom stereocenters. The predicted molar refractivity (Wildman–Crippen MR) is 124 cm³/mol. The molecule has 0 aliphatic carbocycles. The van der Waals surface area contributed by atoms with E-state index in [2.05, 4.69) is 15.5 Å². The molecule has 156 valence electrons. The number of hydrogen-bond acceptors (Lipinski definition) is 5. The van der Waals surface area contributed by atoms with Crippen molar-refractivity contribution in [1.29, 1.82) is 0 Å². The summed E-state index contributed by atoms with van der Waals surface area (Å²) < 4.78 is 3.37. The number of hydrogen-bond donors (Lipinski definition) is 1. The normalized spacial score (nSPS) is 11.3. The van der Waals surface area contributed by atoms with Crippen LogP contribution < -0.4 is 11.0 Å². The van der Waals surface area contributed by atoms with Gasteiger partial charge in [0.2, 0.25) is 0 Å². The van der Waals surface area contributed by atoms with Crippen molar-refractivity contribution in [3.05, 3.63) is 87.9 Å². The lowest BCUT2D eigenvalue weighted by molar-refractivity contribution is -0.118. The second-order valence-corrected chi connectivity index (χ2v) is 8.03. The SMILES string of the molecule is Cn1cccc1C=NNC(=O)CSc1nc2ccccc2c(=O)n1-c1ccc(Cl)cc1. The fourth-order valence-corrected chi connectivity index (χ4v) is 3.90. The fraction of sp³-hybridized carbons (Fsp3) is 0.0909. The molecule has 0 aliphatic heterocycles. The maximum atomic E-state index is 13.2. The summed E-state index contributed by atoms with van der Waals surface area (Å²) in [5.41, 5.74) is 4.35. The van der Waals surface area contributed by atoms with Crippen LogP contribution in [0.1, 0.15) is 5.69 Å². The number of aryl methyl sites for hydroxylation is 1. The molecule has 1 amide bonds. The van der Waals surface area contributed by atoms with Crippen LogP contribution in [0, 0.1) is 0 Å². The van der Waals surface area contributed by atoms with Crippen LogP contribution in [0.25, 0.3) is 16.6 Å². The lowest BCUT2D eigenvalue weighted by atomic mass is 10.2. The van der Waals surface area contributed by atoms with E-state index in [9.17, 15) is 9.59 Å². The summed E-state index contributed by atoms with van der Waals surface area (Å²) in [6.07, 6.45) is 3.46. The van der Waals surface area contributed by atoms with E-state index in [1.807, 2.05) is 36.0 Å². The van der Waals surface area contributed by atoms with Gasteiger partial charge in [0.25, 0.3) is 11.5 Å². The van der Waals surface area contributed by atoms with Crippen molar-refractivity contribution in [3.63, 3.8) is 0 Å². The second-order valence-electron chi connectivity index (χ2n) is 6.65. The Morgan fingerprint density at radius 2 is 1.94 bits per heavy atom. The Hall–Kier alpha value is -3.36. The van der Waals surface area contributed by atoms with Crippen LogP contribution in [0.4, 0.5) is 0 Å². The standard InChI is InChI=1S/C22H18ClN5O2S/c1-27-12-4-5-17(27)13-24-26-20(29)14-31-22-25-19-7-3-2-6-18(19)21(30)28(22)16-10-8-15(23)9-11-16/h2-13H,14H2,1H3,(H,26,29). The van der Waals surface area contributed by atoms with E-state index in [1.165, 1.54) is 4.57 Å². The molecule has 2 aromatic heterocycles. The average Bonchev–Trinajstić information content (AvgIpc) is 3.18. The number of para-hydroxylation sites is 1. The summed E-state index contributed by atoms with van der Waals surface area (Å²) in [7, 11) is 1.89. The molecule has 31 heavy (non-hydrogen) atoms. The molecule has 0 saturated heterocycles. The van der Waals surface area contributed by atoms with Gasteiger partial charge in [-0.1, -0.05) is 35.5 Å². The summed E-state index contributed by atoms with van der Waals surface area (Å²) in [6.45, 7) is 0. The molecule has 4 rings (SSSR count). The Morgan fingerprint density at radius 1 is 1.16 bits per heavy atom. The van der Waals surface area contributed by atoms with E-state index in [4.69, 9.17) is 11.6 Å². The molecule has 2 heterocycles. The molecular formula is C22H18ClN5O2S. The second kappa shape index (κ2) is 9.20. The maximum absolute atomic E-state index is 13.2. The topological polar surface area (TPSA) is 81.3 Å². The Kier molecular flexibility index (Phi) is 6.20. The molecular weight excluding hydrogens is 434 g/mol. The third-order valence-corrected chi connectivity index (χ3v) is 5.72. The highest BCUT2D eigenvalue weighted by Crippen LogP contribution is 2.22. The molecule has 0 spiro atoms. The third-order valence-electron chi connectivity index (χ3n) is 4.53. The van der Waals surface area contributed by atoms with Crippen LogP contribution in [0.5, 0.6) is 0 Å². The number of fused-ring (bicyclic) bond motifs is 1. The van der Waals surface area contributed by atoms with E-state index in [0.29, 0.717) is 26.8 Å².